The highest BCUT2D eigenvalue weighted by molar-refractivity contribution is 5.67. The van der Waals surface area contributed by atoms with Crippen molar-refractivity contribution in [3.05, 3.63) is 35.9 Å². The van der Waals surface area contributed by atoms with E-state index in [9.17, 15) is 4.79 Å². The fraction of sp³-hybridized carbons (Fsp3) is 0.533. The largest absolute Gasteiger partial charge is 0.445 e. The number of methoxy groups -OCH3 is 1. The van der Waals surface area contributed by atoms with Crippen LogP contribution in [0.3, 0.4) is 0 Å². The SMILES string of the molecule is CO[C@H](CNC(=O)OCc1ccccc1)[C@H]1OC[C@@H]2O[C@H]12. The lowest BCUT2D eigenvalue weighted by Gasteiger charge is -2.22. The third kappa shape index (κ3) is 3.53. The normalized spacial score (nSPS) is 27.8. The van der Waals surface area contributed by atoms with E-state index >= 15 is 0 Å². The van der Waals surface area contributed by atoms with Crippen LogP contribution in [-0.4, -0.2) is 50.8 Å². The van der Waals surface area contributed by atoms with E-state index in [4.69, 9.17) is 18.9 Å². The summed E-state index contributed by atoms with van der Waals surface area (Å²) >= 11 is 0. The van der Waals surface area contributed by atoms with Crippen molar-refractivity contribution in [2.45, 2.75) is 31.0 Å². The highest BCUT2D eigenvalue weighted by atomic mass is 16.7. The number of amides is 1. The molecule has 0 aromatic heterocycles. The van der Waals surface area contributed by atoms with Crippen molar-refractivity contribution < 1.29 is 23.7 Å². The van der Waals surface area contributed by atoms with E-state index in [1.807, 2.05) is 30.3 Å². The van der Waals surface area contributed by atoms with Crippen LogP contribution >= 0.6 is 0 Å². The van der Waals surface area contributed by atoms with E-state index in [0.29, 0.717) is 13.2 Å². The topological polar surface area (TPSA) is 69.3 Å². The lowest BCUT2D eigenvalue weighted by Crippen LogP contribution is -2.42. The summed E-state index contributed by atoms with van der Waals surface area (Å²) in [4.78, 5) is 11.7. The van der Waals surface area contributed by atoms with Crippen LogP contribution in [0, 0.1) is 0 Å². The van der Waals surface area contributed by atoms with Gasteiger partial charge in [0.2, 0.25) is 0 Å². The predicted molar refractivity (Wildman–Crippen MR) is 73.8 cm³/mol. The Bertz CT molecular complexity index is 480. The molecule has 1 N–H and O–H groups in total. The maximum absolute atomic E-state index is 11.7. The Morgan fingerprint density at radius 3 is 2.86 bits per heavy atom. The summed E-state index contributed by atoms with van der Waals surface area (Å²) in [5, 5.41) is 2.70. The molecule has 0 radical (unpaired) electrons. The lowest BCUT2D eigenvalue weighted by molar-refractivity contribution is -0.0630. The Morgan fingerprint density at radius 2 is 2.24 bits per heavy atom. The zero-order valence-corrected chi connectivity index (χ0v) is 11.9. The van der Waals surface area contributed by atoms with Gasteiger partial charge in [0, 0.05) is 13.7 Å². The standard InChI is InChI=1S/C15H19NO5/c1-18-11(13-14-12(21-14)9-19-13)7-16-15(17)20-8-10-5-3-2-4-6-10/h2-6,11-14H,7-9H2,1H3,(H,16,17)/t11-,12+,13-,14+/m1/s1. The van der Waals surface area contributed by atoms with E-state index in [1.165, 1.54) is 0 Å². The zero-order valence-electron chi connectivity index (χ0n) is 11.9. The fourth-order valence-electron chi connectivity index (χ4n) is 2.49. The number of benzene rings is 1. The summed E-state index contributed by atoms with van der Waals surface area (Å²) in [6.07, 6.45) is -0.497. The van der Waals surface area contributed by atoms with E-state index < -0.39 is 6.09 Å². The lowest BCUT2D eigenvalue weighted by atomic mass is 10.1. The quantitative estimate of drug-likeness (QED) is 0.795. The van der Waals surface area contributed by atoms with Crippen LogP contribution < -0.4 is 5.32 Å². The first-order valence-electron chi connectivity index (χ1n) is 7.02. The maximum atomic E-state index is 11.7. The van der Waals surface area contributed by atoms with Crippen molar-refractivity contribution in [2.24, 2.45) is 0 Å². The number of carbonyl (C=O) groups is 1. The Balaban J connectivity index is 1.40. The van der Waals surface area contributed by atoms with Gasteiger partial charge in [-0.1, -0.05) is 30.3 Å². The molecule has 2 aliphatic rings. The molecular weight excluding hydrogens is 274 g/mol. The minimum atomic E-state index is -0.466. The molecule has 0 aliphatic carbocycles. The van der Waals surface area contributed by atoms with Crippen molar-refractivity contribution >= 4 is 6.09 Å². The van der Waals surface area contributed by atoms with E-state index in [0.717, 1.165) is 5.56 Å². The van der Waals surface area contributed by atoms with Gasteiger partial charge in [0.05, 0.1) is 6.61 Å². The van der Waals surface area contributed by atoms with E-state index in [2.05, 4.69) is 5.32 Å². The first-order valence-corrected chi connectivity index (χ1v) is 7.02. The number of rotatable bonds is 6. The Hall–Kier alpha value is -1.63. The van der Waals surface area contributed by atoms with Gasteiger partial charge >= 0.3 is 6.09 Å². The first kappa shape index (κ1) is 14.3. The van der Waals surface area contributed by atoms with E-state index in [1.54, 1.807) is 7.11 Å². The molecule has 0 bridgehead atoms. The molecular formula is C15H19NO5. The smallest absolute Gasteiger partial charge is 0.407 e. The molecule has 2 fully saturated rings. The molecule has 114 valence electrons. The molecule has 2 saturated heterocycles. The average Bonchev–Trinajstić information content (AvgIpc) is 3.19. The number of fused-ring (bicyclic) bond motifs is 1. The molecule has 3 rings (SSSR count). The van der Waals surface area contributed by atoms with Crippen LogP contribution in [0.1, 0.15) is 5.56 Å². The summed E-state index contributed by atoms with van der Waals surface area (Å²) in [6.45, 7) is 1.19. The number of epoxide rings is 1. The number of alkyl carbamates (subject to hydrolysis) is 1. The molecule has 6 nitrogen and oxygen atoms in total. The number of hydrogen-bond acceptors (Lipinski definition) is 5. The van der Waals surface area contributed by atoms with Crippen LogP contribution in [0.4, 0.5) is 4.79 Å². The molecule has 0 spiro atoms. The monoisotopic (exact) mass is 293 g/mol. The number of hydrogen-bond donors (Lipinski definition) is 1. The molecule has 4 atom stereocenters. The van der Waals surface area contributed by atoms with Gasteiger partial charge in [0.25, 0.3) is 0 Å². The fourth-order valence-corrected chi connectivity index (χ4v) is 2.49. The van der Waals surface area contributed by atoms with Crippen LogP contribution in [0.2, 0.25) is 0 Å². The third-order valence-electron chi connectivity index (χ3n) is 3.73. The maximum Gasteiger partial charge on any atom is 0.407 e. The molecule has 1 aromatic rings. The minimum Gasteiger partial charge on any atom is -0.445 e. The van der Waals surface area contributed by atoms with Gasteiger partial charge < -0.3 is 24.3 Å². The third-order valence-corrected chi connectivity index (χ3v) is 3.73. The van der Waals surface area contributed by atoms with Crippen LogP contribution in [0.25, 0.3) is 0 Å². The molecule has 6 heteroatoms. The molecule has 2 aliphatic heterocycles. The number of nitrogens with one attached hydrogen (secondary N) is 1. The van der Waals surface area contributed by atoms with Gasteiger partial charge in [-0.15, -0.1) is 0 Å². The Morgan fingerprint density at radius 1 is 1.43 bits per heavy atom. The zero-order chi connectivity index (χ0) is 14.7. The van der Waals surface area contributed by atoms with Gasteiger partial charge in [-0.2, -0.15) is 0 Å². The molecule has 21 heavy (non-hydrogen) atoms. The van der Waals surface area contributed by atoms with Gasteiger partial charge in [-0.25, -0.2) is 4.79 Å². The van der Waals surface area contributed by atoms with Crippen molar-refractivity contribution in [1.82, 2.24) is 5.32 Å². The second-order valence-electron chi connectivity index (χ2n) is 5.15. The highest BCUT2D eigenvalue weighted by Gasteiger charge is 2.54. The first-order chi connectivity index (χ1) is 10.3. The van der Waals surface area contributed by atoms with Crippen molar-refractivity contribution in [2.75, 3.05) is 20.3 Å². The average molecular weight is 293 g/mol. The van der Waals surface area contributed by atoms with Crippen molar-refractivity contribution in [1.29, 1.82) is 0 Å². The van der Waals surface area contributed by atoms with Crippen molar-refractivity contribution in [3.8, 4) is 0 Å². The molecule has 1 aromatic carbocycles. The Labute approximate surface area is 123 Å². The van der Waals surface area contributed by atoms with Crippen molar-refractivity contribution in [3.63, 3.8) is 0 Å². The van der Waals surface area contributed by atoms with Gasteiger partial charge in [-0.3, -0.25) is 0 Å². The summed E-state index contributed by atoms with van der Waals surface area (Å²) < 4.78 is 21.5. The Kier molecular flexibility index (Phi) is 4.38. The van der Waals surface area contributed by atoms with Crippen LogP contribution in [0.15, 0.2) is 30.3 Å². The summed E-state index contributed by atoms with van der Waals surface area (Å²) in [5.41, 5.74) is 0.948. The number of carbonyl (C=O) groups excluding carboxylic acids is 1. The van der Waals surface area contributed by atoms with Crippen LogP contribution in [-0.2, 0) is 25.6 Å². The summed E-state index contributed by atoms with van der Waals surface area (Å²) in [7, 11) is 1.60. The predicted octanol–water partition coefficient (Wildman–Crippen LogP) is 1.09. The summed E-state index contributed by atoms with van der Waals surface area (Å²) in [6, 6.07) is 9.54. The molecule has 1 amide bonds. The van der Waals surface area contributed by atoms with Crippen LogP contribution in [0.5, 0.6) is 0 Å². The second-order valence-corrected chi connectivity index (χ2v) is 5.15. The second kappa shape index (κ2) is 6.43. The van der Waals surface area contributed by atoms with Gasteiger partial charge in [0.1, 0.15) is 31.0 Å². The summed E-state index contributed by atoms with van der Waals surface area (Å²) in [5.74, 6) is 0. The molecule has 2 heterocycles. The minimum absolute atomic E-state index is 0.108. The number of ether oxygens (including phenoxy) is 4. The van der Waals surface area contributed by atoms with Gasteiger partial charge in [0.15, 0.2) is 0 Å². The van der Waals surface area contributed by atoms with E-state index in [-0.39, 0.29) is 31.0 Å². The molecule has 0 saturated carbocycles. The van der Waals surface area contributed by atoms with Gasteiger partial charge in [-0.05, 0) is 5.56 Å². The molecule has 0 unspecified atom stereocenters. The highest BCUT2D eigenvalue weighted by Crippen LogP contribution is 2.36.